The quantitative estimate of drug-likeness (QED) is 0.403. The second-order valence-electron chi connectivity index (χ2n) is 3.17. The third-order valence-corrected chi connectivity index (χ3v) is 2.40. The zero-order valence-corrected chi connectivity index (χ0v) is 9.24. The van der Waals surface area contributed by atoms with E-state index in [9.17, 15) is 5.11 Å². The molecule has 1 atom stereocenters. The first-order valence-electron chi connectivity index (χ1n) is 3.75. The number of morpholine rings is 1. The van der Waals surface area contributed by atoms with E-state index < -0.39 is 0 Å². The molecule has 1 N–H and O–H groups in total. The molecule has 4 heteroatoms. The van der Waals surface area contributed by atoms with Gasteiger partial charge in [0.2, 0.25) is 0 Å². The maximum Gasteiger partial charge on any atom is 0.187 e. The van der Waals surface area contributed by atoms with E-state index in [-0.39, 0.29) is 30.2 Å². The lowest BCUT2D eigenvalue weighted by Crippen LogP contribution is -3.00. The fraction of sp³-hybridized carbons (Fsp3) is 1.00. The van der Waals surface area contributed by atoms with Gasteiger partial charge in [0.1, 0.15) is 13.1 Å². The Morgan fingerprint density at radius 2 is 1.82 bits per heavy atom. The first kappa shape index (κ1) is 11.6. The number of rotatable bonds is 1. The Bertz CT molecular complexity index is 113. The van der Waals surface area contributed by atoms with Crippen molar-refractivity contribution in [2.45, 2.75) is 13.2 Å². The molecule has 0 spiro atoms. The smallest absolute Gasteiger partial charge is 0.187 e. The van der Waals surface area contributed by atoms with Crippen molar-refractivity contribution in [3.8, 4) is 0 Å². The molecule has 3 nitrogen and oxygen atoms in total. The van der Waals surface area contributed by atoms with Crippen LogP contribution in [0, 0.1) is 0 Å². The lowest BCUT2D eigenvalue weighted by molar-refractivity contribution is -0.958. The number of aliphatic hydroxyl groups excluding tert-OH is 1. The number of nitrogens with zero attached hydrogens (tertiary/aromatic N) is 1. The van der Waals surface area contributed by atoms with Crippen LogP contribution in [0.3, 0.4) is 0 Å². The number of likely N-dealkylation sites (N-methyl/N-ethyl adjacent to an activating group) is 1. The molecule has 0 saturated carbocycles. The second kappa shape index (κ2) is 4.59. The largest absolute Gasteiger partial charge is 1.00 e. The standard InChI is InChI=1S/C7H16NO2.HI/c1-7(9)8(2)3-5-10-6-4-8;/h7,9H,3-6H2,1-2H3;1H/q+1;/p-1. The van der Waals surface area contributed by atoms with Gasteiger partial charge in [-0.15, -0.1) is 0 Å². The Kier molecular flexibility index (Phi) is 4.85. The molecule has 0 radical (unpaired) electrons. The van der Waals surface area contributed by atoms with Crippen LogP contribution in [0.15, 0.2) is 0 Å². The van der Waals surface area contributed by atoms with Crippen LogP contribution in [-0.2, 0) is 4.74 Å². The average molecular weight is 273 g/mol. The highest BCUT2D eigenvalue weighted by molar-refractivity contribution is 4.46. The van der Waals surface area contributed by atoms with Gasteiger partial charge in [-0.1, -0.05) is 0 Å². The van der Waals surface area contributed by atoms with E-state index in [4.69, 9.17) is 4.74 Å². The number of hydrogen-bond donors (Lipinski definition) is 1. The van der Waals surface area contributed by atoms with Gasteiger partial charge in [-0.3, -0.25) is 4.48 Å². The molecule has 0 aliphatic carbocycles. The molecule has 1 rings (SSSR count). The molecule has 1 saturated heterocycles. The third-order valence-electron chi connectivity index (χ3n) is 2.40. The maximum atomic E-state index is 9.35. The Morgan fingerprint density at radius 3 is 2.09 bits per heavy atom. The van der Waals surface area contributed by atoms with E-state index in [0.29, 0.717) is 0 Å². The highest BCUT2D eigenvalue weighted by atomic mass is 127. The highest BCUT2D eigenvalue weighted by Crippen LogP contribution is 2.10. The van der Waals surface area contributed by atoms with Crippen LogP contribution in [0.25, 0.3) is 0 Å². The van der Waals surface area contributed by atoms with Crippen molar-refractivity contribution >= 4 is 0 Å². The molecule has 11 heavy (non-hydrogen) atoms. The van der Waals surface area contributed by atoms with Crippen LogP contribution in [0.4, 0.5) is 0 Å². The van der Waals surface area contributed by atoms with Crippen LogP contribution in [0.2, 0.25) is 0 Å². The van der Waals surface area contributed by atoms with Gasteiger partial charge in [0.05, 0.1) is 20.3 Å². The van der Waals surface area contributed by atoms with Crippen molar-refractivity contribution in [1.82, 2.24) is 0 Å². The number of quaternary nitrogens is 1. The van der Waals surface area contributed by atoms with E-state index in [1.54, 1.807) is 0 Å². The fourth-order valence-electron chi connectivity index (χ4n) is 1.13. The van der Waals surface area contributed by atoms with Gasteiger partial charge >= 0.3 is 0 Å². The van der Waals surface area contributed by atoms with Gasteiger partial charge in [-0.25, -0.2) is 0 Å². The van der Waals surface area contributed by atoms with Gasteiger partial charge in [0.15, 0.2) is 6.23 Å². The van der Waals surface area contributed by atoms with Crippen molar-refractivity contribution in [3.05, 3.63) is 0 Å². The van der Waals surface area contributed by atoms with Gasteiger partial charge in [0, 0.05) is 6.92 Å². The normalized spacial score (nSPS) is 25.4. The molecule has 0 bridgehead atoms. The number of halogens is 1. The van der Waals surface area contributed by atoms with Crippen molar-refractivity contribution in [1.29, 1.82) is 0 Å². The summed E-state index contributed by atoms with van der Waals surface area (Å²) in [5.41, 5.74) is 0. The first-order valence-corrected chi connectivity index (χ1v) is 3.75. The summed E-state index contributed by atoms with van der Waals surface area (Å²) < 4.78 is 5.92. The highest BCUT2D eigenvalue weighted by Gasteiger charge is 2.29. The van der Waals surface area contributed by atoms with Crippen LogP contribution in [0.5, 0.6) is 0 Å². The summed E-state index contributed by atoms with van der Waals surface area (Å²) in [4.78, 5) is 0. The minimum Gasteiger partial charge on any atom is -1.00 e. The zero-order valence-electron chi connectivity index (χ0n) is 7.09. The van der Waals surface area contributed by atoms with Crippen LogP contribution >= 0.6 is 0 Å². The minimum absolute atomic E-state index is 0. The van der Waals surface area contributed by atoms with Crippen LogP contribution in [-0.4, -0.2) is 49.2 Å². The molecule has 1 fully saturated rings. The van der Waals surface area contributed by atoms with E-state index in [1.165, 1.54) is 0 Å². The average Bonchev–Trinajstić information content (AvgIpc) is 1.89. The lowest BCUT2D eigenvalue weighted by atomic mass is 10.3. The number of aliphatic hydroxyl groups is 1. The van der Waals surface area contributed by atoms with Crippen molar-refractivity contribution in [2.24, 2.45) is 0 Å². The summed E-state index contributed by atoms with van der Waals surface area (Å²) in [6.07, 6.45) is -0.260. The van der Waals surface area contributed by atoms with E-state index in [2.05, 4.69) is 7.05 Å². The molecule has 0 aromatic heterocycles. The third kappa shape index (κ3) is 2.85. The lowest BCUT2D eigenvalue weighted by Gasteiger charge is -2.39. The van der Waals surface area contributed by atoms with Gasteiger partial charge in [-0.2, -0.15) is 0 Å². The van der Waals surface area contributed by atoms with E-state index in [1.807, 2.05) is 6.92 Å². The van der Waals surface area contributed by atoms with Crippen LogP contribution in [0.1, 0.15) is 6.92 Å². The predicted molar refractivity (Wildman–Crippen MR) is 38.4 cm³/mol. The van der Waals surface area contributed by atoms with E-state index in [0.717, 1.165) is 30.8 Å². The van der Waals surface area contributed by atoms with Gasteiger partial charge < -0.3 is 33.8 Å². The SMILES string of the molecule is CC(O)[N+]1(C)CCOCC1.[I-]. The number of ether oxygens (including phenoxy) is 1. The Morgan fingerprint density at radius 1 is 1.36 bits per heavy atom. The molecule has 0 amide bonds. The molecule has 0 aromatic rings. The monoisotopic (exact) mass is 273 g/mol. The summed E-state index contributed by atoms with van der Waals surface area (Å²) in [5.74, 6) is 0. The van der Waals surface area contributed by atoms with Gasteiger partial charge in [-0.05, 0) is 0 Å². The molecule has 68 valence electrons. The Labute approximate surface area is 84.9 Å². The minimum atomic E-state index is -0.260. The molecular weight excluding hydrogens is 257 g/mol. The predicted octanol–water partition coefficient (Wildman–Crippen LogP) is -3.19. The van der Waals surface area contributed by atoms with Crippen molar-refractivity contribution < 1.29 is 38.3 Å². The fourth-order valence-corrected chi connectivity index (χ4v) is 1.13. The summed E-state index contributed by atoms with van der Waals surface area (Å²) >= 11 is 0. The van der Waals surface area contributed by atoms with Crippen LogP contribution < -0.4 is 24.0 Å². The maximum absolute atomic E-state index is 9.35. The summed E-state index contributed by atoms with van der Waals surface area (Å²) in [6, 6.07) is 0. The van der Waals surface area contributed by atoms with E-state index >= 15 is 0 Å². The second-order valence-corrected chi connectivity index (χ2v) is 3.17. The molecule has 0 aromatic carbocycles. The first-order chi connectivity index (χ1) is 4.65. The Balaban J connectivity index is 0.000001000. The van der Waals surface area contributed by atoms with Gasteiger partial charge in [0.25, 0.3) is 0 Å². The van der Waals surface area contributed by atoms with Crippen molar-refractivity contribution in [3.63, 3.8) is 0 Å². The summed E-state index contributed by atoms with van der Waals surface area (Å²) in [5, 5.41) is 9.35. The number of hydrogen-bond acceptors (Lipinski definition) is 2. The molecule has 1 aliphatic rings. The summed E-state index contributed by atoms with van der Waals surface area (Å²) in [6.45, 7) is 5.25. The summed E-state index contributed by atoms with van der Waals surface area (Å²) in [7, 11) is 2.06. The zero-order chi connectivity index (χ0) is 7.61. The van der Waals surface area contributed by atoms with Crippen molar-refractivity contribution in [2.75, 3.05) is 33.4 Å². The topological polar surface area (TPSA) is 29.5 Å². The molecular formula is C7H16INO2. The molecule has 1 aliphatic heterocycles. The molecule has 1 heterocycles. The molecule has 1 unspecified atom stereocenters. The Hall–Kier alpha value is 0.610.